The maximum absolute atomic E-state index is 12.8. The van der Waals surface area contributed by atoms with E-state index in [2.05, 4.69) is 17.2 Å². The average molecular weight is 343 g/mol. The summed E-state index contributed by atoms with van der Waals surface area (Å²) in [5, 5.41) is 15.5. The fraction of sp³-hybridized carbons (Fsp3) is 0.111. The number of amides is 1. The molecule has 24 heavy (non-hydrogen) atoms. The summed E-state index contributed by atoms with van der Waals surface area (Å²) in [5.41, 5.74) is 2.09. The molecule has 6 heteroatoms. The van der Waals surface area contributed by atoms with Crippen molar-refractivity contribution in [1.29, 1.82) is 0 Å². The summed E-state index contributed by atoms with van der Waals surface area (Å²) in [6, 6.07) is 12.9. The van der Waals surface area contributed by atoms with Crippen LogP contribution in [0.15, 0.2) is 60.7 Å². The van der Waals surface area contributed by atoms with Crippen LogP contribution < -0.4 is 10.6 Å². The third-order valence-corrected chi connectivity index (χ3v) is 4.15. The van der Waals surface area contributed by atoms with E-state index in [1.165, 1.54) is 0 Å². The van der Waals surface area contributed by atoms with E-state index in [1.54, 1.807) is 42.5 Å². The molecule has 122 valence electrons. The molecule has 0 bridgehead atoms. The van der Waals surface area contributed by atoms with Crippen molar-refractivity contribution >= 4 is 34.9 Å². The van der Waals surface area contributed by atoms with Crippen molar-refractivity contribution in [3.63, 3.8) is 0 Å². The molecule has 0 aromatic heterocycles. The predicted molar refractivity (Wildman–Crippen MR) is 93.5 cm³/mol. The fourth-order valence-corrected chi connectivity index (χ4v) is 2.96. The van der Waals surface area contributed by atoms with Gasteiger partial charge in [-0.3, -0.25) is 4.79 Å². The second kappa shape index (κ2) is 6.37. The average Bonchev–Trinajstić information content (AvgIpc) is 2.55. The maximum Gasteiger partial charge on any atom is 0.330 e. The number of carbonyl (C=O) groups excluding carboxylic acids is 1. The van der Waals surface area contributed by atoms with Gasteiger partial charge in [0.1, 0.15) is 6.04 Å². The molecule has 3 rings (SSSR count). The highest BCUT2D eigenvalue weighted by molar-refractivity contribution is 6.31. The summed E-state index contributed by atoms with van der Waals surface area (Å²) in [7, 11) is 0. The van der Waals surface area contributed by atoms with Gasteiger partial charge < -0.3 is 15.7 Å². The van der Waals surface area contributed by atoms with E-state index < -0.39 is 17.9 Å². The minimum Gasteiger partial charge on any atom is -0.479 e. The number of nitrogens with one attached hydrogen (secondary N) is 2. The van der Waals surface area contributed by atoms with Gasteiger partial charge in [-0.05, 0) is 35.4 Å². The number of carboxylic acid groups (broad SMARTS) is 1. The molecular weight excluding hydrogens is 328 g/mol. The van der Waals surface area contributed by atoms with E-state index >= 15 is 0 Å². The lowest BCUT2D eigenvalue weighted by molar-refractivity contribution is -0.137. The SMILES string of the molecule is C=C1C(C(=O)O)Nc2cc(Cl)ccc2C1C(=O)Nc1ccccc1. The van der Waals surface area contributed by atoms with Crippen molar-refractivity contribution in [2.45, 2.75) is 12.0 Å². The van der Waals surface area contributed by atoms with Gasteiger partial charge in [0.05, 0.1) is 5.92 Å². The molecule has 1 amide bonds. The smallest absolute Gasteiger partial charge is 0.330 e. The summed E-state index contributed by atoms with van der Waals surface area (Å²) in [5.74, 6) is -2.20. The van der Waals surface area contributed by atoms with Crippen LogP contribution in [0, 0.1) is 0 Å². The molecule has 0 saturated carbocycles. The number of hydrogen-bond acceptors (Lipinski definition) is 3. The van der Waals surface area contributed by atoms with Crippen LogP contribution in [0.3, 0.4) is 0 Å². The molecule has 5 nitrogen and oxygen atoms in total. The fourth-order valence-electron chi connectivity index (χ4n) is 2.79. The molecule has 0 saturated heterocycles. The Kier molecular flexibility index (Phi) is 4.27. The molecule has 1 aliphatic rings. The number of carboxylic acids is 1. The molecule has 2 aromatic carbocycles. The lowest BCUT2D eigenvalue weighted by atomic mass is 9.82. The Balaban J connectivity index is 1.99. The first kappa shape index (κ1) is 16.1. The standard InChI is InChI=1S/C18H15ClN2O3/c1-10-15(17(22)20-12-5-3-2-4-6-12)13-8-7-11(19)9-14(13)21-16(10)18(23)24/h2-9,15-16,21H,1H2,(H,20,22)(H,23,24). The highest BCUT2D eigenvalue weighted by Crippen LogP contribution is 2.39. The van der Waals surface area contributed by atoms with E-state index in [0.29, 0.717) is 22.0 Å². The third kappa shape index (κ3) is 2.98. The first-order valence-electron chi connectivity index (χ1n) is 7.31. The third-order valence-electron chi connectivity index (χ3n) is 3.92. The summed E-state index contributed by atoms with van der Waals surface area (Å²) in [6.45, 7) is 3.85. The summed E-state index contributed by atoms with van der Waals surface area (Å²) in [6.07, 6.45) is 0. The molecule has 0 radical (unpaired) electrons. The monoisotopic (exact) mass is 342 g/mol. The van der Waals surface area contributed by atoms with Crippen molar-refractivity contribution in [2.75, 3.05) is 10.6 Å². The highest BCUT2D eigenvalue weighted by Gasteiger charge is 2.38. The quantitative estimate of drug-likeness (QED) is 0.746. The summed E-state index contributed by atoms with van der Waals surface area (Å²) >= 11 is 5.99. The Morgan fingerprint density at radius 1 is 1.17 bits per heavy atom. The van der Waals surface area contributed by atoms with Crippen LogP contribution in [-0.4, -0.2) is 23.0 Å². The molecule has 0 fully saturated rings. The van der Waals surface area contributed by atoms with Gasteiger partial charge >= 0.3 is 5.97 Å². The largest absolute Gasteiger partial charge is 0.479 e. The van der Waals surface area contributed by atoms with Crippen LogP contribution in [-0.2, 0) is 9.59 Å². The maximum atomic E-state index is 12.8. The Labute approximate surface area is 144 Å². The molecule has 0 spiro atoms. The summed E-state index contributed by atoms with van der Waals surface area (Å²) < 4.78 is 0. The van der Waals surface area contributed by atoms with Crippen molar-refractivity contribution in [2.24, 2.45) is 0 Å². The lowest BCUT2D eigenvalue weighted by Gasteiger charge is -2.32. The Hall–Kier alpha value is -2.79. The molecule has 1 heterocycles. The van der Waals surface area contributed by atoms with E-state index in [1.807, 2.05) is 6.07 Å². The van der Waals surface area contributed by atoms with Crippen LogP contribution in [0.25, 0.3) is 0 Å². The van der Waals surface area contributed by atoms with Crippen molar-refractivity contribution in [3.05, 3.63) is 71.3 Å². The van der Waals surface area contributed by atoms with Gasteiger partial charge in [-0.15, -0.1) is 0 Å². The lowest BCUT2D eigenvalue weighted by Crippen LogP contribution is -2.40. The minimum atomic E-state index is -1.09. The van der Waals surface area contributed by atoms with Gasteiger partial charge in [0, 0.05) is 16.4 Å². The van der Waals surface area contributed by atoms with E-state index in [0.717, 1.165) is 0 Å². The zero-order valence-electron chi connectivity index (χ0n) is 12.6. The topological polar surface area (TPSA) is 78.4 Å². The Bertz CT molecular complexity index is 820. The Morgan fingerprint density at radius 2 is 1.88 bits per heavy atom. The number of halogens is 1. The number of fused-ring (bicyclic) bond motifs is 1. The number of anilines is 2. The van der Waals surface area contributed by atoms with E-state index in [9.17, 15) is 14.7 Å². The van der Waals surface area contributed by atoms with Crippen LogP contribution in [0.4, 0.5) is 11.4 Å². The molecule has 2 aromatic rings. The highest BCUT2D eigenvalue weighted by atomic mass is 35.5. The van der Waals surface area contributed by atoms with Gasteiger partial charge in [0.25, 0.3) is 0 Å². The van der Waals surface area contributed by atoms with Crippen molar-refractivity contribution in [3.8, 4) is 0 Å². The van der Waals surface area contributed by atoms with Crippen LogP contribution in [0.5, 0.6) is 0 Å². The predicted octanol–water partition coefficient (Wildman–Crippen LogP) is 3.50. The molecule has 0 aliphatic carbocycles. The number of carbonyl (C=O) groups is 2. The van der Waals surface area contributed by atoms with Crippen molar-refractivity contribution in [1.82, 2.24) is 0 Å². The van der Waals surface area contributed by atoms with E-state index in [-0.39, 0.29) is 11.5 Å². The second-order valence-corrected chi connectivity index (χ2v) is 5.95. The second-order valence-electron chi connectivity index (χ2n) is 5.51. The van der Waals surface area contributed by atoms with Gasteiger partial charge in [-0.1, -0.05) is 42.4 Å². The molecular formula is C18H15ClN2O3. The summed E-state index contributed by atoms with van der Waals surface area (Å²) in [4.78, 5) is 24.3. The first-order chi connectivity index (χ1) is 11.5. The first-order valence-corrected chi connectivity index (χ1v) is 7.68. The van der Waals surface area contributed by atoms with Crippen LogP contribution in [0.2, 0.25) is 5.02 Å². The van der Waals surface area contributed by atoms with Crippen molar-refractivity contribution < 1.29 is 14.7 Å². The minimum absolute atomic E-state index is 0.283. The Morgan fingerprint density at radius 3 is 2.54 bits per heavy atom. The number of benzene rings is 2. The van der Waals surface area contributed by atoms with Gasteiger partial charge in [-0.2, -0.15) is 0 Å². The number of para-hydroxylation sites is 1. The molecule has 2 atom stereocenters. The van der Waals surface area contributed by atoms with Crippen LogP contribution in [0.1, 0.15) is 11.5 Å². The zero-order chi connectivity index (χ0) is 17.3. The van der Waals surface area contributed by atoms with Gasteiger partial charge in [0.2, 0.25) is 5.91 Å². The number of hydrogen-bond donors (Lipinski definition) is 3. The number of aliphatic carboxylic acids is 1. The molecule has 3 N–H and O–H groups in total. The number of rotatable bonds is 3. The molecule has 1 aliphatic heterocycles. The normalized spacial score (nSPS) is 19.1. The zero-order valence-corrected chi connectivity index (χ0v) is 13.4. The van der Waals surface area contributed by atoms with Crippen LogP contribution >= 0.6 is 11.6 Å². The van der Waals surface area contributed by atoms with E-state index in [4.69, 9.17) is 11.6 Å². The molecule has 2 unspecified atom stereocenters. The van der Waals surface area contributed by atoms with Gasteiger partial charge in [0.15, 0.2) is 0 Å². The van der Waals surface area contributed by atoms with Gasteiger partial charge in [-0.25, -0.2) is 4.79 Å².